The van der Waals surface area contributed by atoms with E-state index in [1.165, 1.54) is 12.1 Å². The second kappa shape index (κ2) is 7.20. The molecule has 1 N–H and O–H groups in total. The zero-order valence-corrected chi connectivity index (χ0v) is 14.1. The fraction of sp³-hybridized carbons (Fsp3) is 0.200. The highest BCUT2D eigenvalue weighted by atomic mass is 79.9. The highest BCUT2D eigenvalue weighted by Crippen LogP contribution is 2.32. The lowest BCUT2D eigenvalue weighted by atomic mass is 10.2. The standard InChI is InChI=1S/C15H14Br2FNO/c1-2-19-9-10-5-12(18)8-13(6-10)20-15-4-3-11(16)7-14(15)17/h3-8,19H,2,9H2,1H3. The van der Waals surface area contributed by atoms with Crippen LogP contribution in [-0.2, 0) is 6.54 Å². The first-order valence-electron chi connectivity index (χ1n) is 6.21. The third kappa shape index (κ3) is 4.30. The summed E-state index contributed by atoms with van der Waals surface area (Å²) >= 11 is 6.80. The van der Waals surface area contributed by atoms with E-state index in [1.807, 2.05) is 31.2 Å². The topological polar surface area (TPSA) is 21.3 Å². The van der Waals surface area contributed by atoms with Crippen LogP contribution in [0.1, 0.15) is 12.5 Å². The van der Waals surface area contributed by atoms with Gasteiger partial charge in [0, 0.05) is 17.1 Å². The van der Waals surface area contributed by atoms with E-state index in [-0.39, 0.29) is 5.82 Å². The first kappa shape index (κ1) is 15.5. The molecule has 2 nitrogen and oxygen atoms in total. The lowest BCUT2D eigenvalue weighted by molar-refractivity contribution is 0.472. The molecule has 5 heteroatoms. The molecule has 0 unspecified atom stereocenters. The molecule has 0 fully saturated rings. The van der Waals surface area contributed by atoms with Crippen molar-refractivity contribution in [2.75, 3.05) is 6.54 Å². The van der Waals surface area contributed by atoms with Crippen molar-refractivity contribution in [2.24, 2.45) is 0 Å². The molecule has 0 heterocycles. The van der Waals surface area contributed by atoms with Crippen LogP contribution in [0.25, 0.3) is 0 Å². The third-order valence-corrected chi connectivity index (χ3v) is 3.74. The van der Waals surface area contributed by atoms with Gasteiger partial charge in [-0.3, -0.25) is 0 Å². The van der Waals surface area contributed by atoms with Gasteiger partial charge in [0.25, 0.3) is 0 Å². The first-order valence-corrected chi connectivity index (χ1v) is 7.80. The van der Waals surface area contributed by atoms with Crippen LogP contribution in [0.3, 0.4) is 0 Å². The first-order chi connectivity index (χ1) is 9.58. The third-order valence-electron chi connectivity index (χ3n) is 2.63. The Labute approximate surface area is 134 Å². The van der Waals surface area contributed by atoms with E-state index in [9.17, 15) is 4.39 Å². The second-order valence-corrected chi connectivity index (χ2v) is 6.02. The molecule has 0 atom stereocenters. The smallest absolute Gasteiger partial charge is 0.141 e. The van der Waals surface area contributed by atoms with Gasteiger partial charge in [0.15, 0.2) is 0 Å². The largest absolute Gasteiger partial charge is 0.456 e. The van der Waals surface area contributed by atoms with Gasteiger partial charge in [-0.2, -0.15) is 0 Å². The number of halogens is 3. The average Bonchev–Trinajstić information content (AvgIpc) is 2.39. The normalized spacial score (nSPS) is 10.6. The molecule has 2 aromatic carbocycles. The van der Waals surface area contributed by atoms with Crippen LogP contribution in [0, 0.1) is 5.82 Å². The summed E-state index contributed by atoms with van der Waals surface area (Å²) in [4.78, 5) is 0. The van der Waals surface area contributed by atoms with Crippen molar-refractivity contribution in [3.63, 3.8) is 0 Å². The molecule has 0 saturated carbocycles. The fourth-order valence-corrected chi connectivity index (χ4v) is 2.86. The monoisotopic (exact) mass is 401 g/mol. The Morgan fingerprint density at radius 1 is 1.15 bits per heavy atom. The van der Waals surface area contributed by atoms with E-state index in [4.69, 9.17) is 4.74 Å². The number of nitrogens with one attached hydrogen (secondary N) is 1. The predicted octanol–water partition coefficient (Wildman–Crippen LogP) is 5.25. The van der Waals surface area contributed by atoms with Crippen molar-refractivity contribution >= 4 is 31.9 Å². The Hall–Kier alpha value is -0.910. The van der Waals surface area contributed by atoms with Gasteiger partial charge in [0.05, 0.1) is 4.47 Å². The predicted molar refractivity (Wildman–Crippen MR) is 85.7 cm³/mol. The van der Waals surface area contributed by atoms with Crippen LogP contribution in [0.2, 0.25) is 0 Å². The minimum Gasteiger partial charge on any atom is -0.456 e. The molecule has 0 aliphatic carbocycles. The molecule has 0 aromatic heterocycles. The highest BCUT2D eigenvalue weighted by Gasteiger charge is 2.06. The molecule has 20 heavy (non-hydrogen) atoms. The maximum Gasteiger partial charge on any atom is 0.141 e. The molecule has 0 aliphatic rings. The van der Waals surface area contributed by atoms with Gasteiger partial charge >= 0.3 is 0 Å². The summed E-state index contributed by atoms with van der Waals surface area (Å²) in [5.74, 6) is 0.831. The maximum atomic E-state index is 13.6. The molecule has 0 aliphatic heterocycles. The summed E-state index contributed by atoms with van der Waals surface area (Å²) in [6.07, 6.45) is 0. The Kier molecular flexibility index (Phi) is 5.57. The molecule has 106 valence electrons. The number of hydrogen-bond donors (Lipinski definition) is 1. The summed E-state index contributed by atoms with van der Waals surface area (Å²) in [5.41, 5.74) is 0.857. The summed E-state index contributed by atoms with van der Waals surface area (Å²) < 4.78 is 21.1. The van der Waals surface area contributed by atoms with Gasteiger partial charge < -0.3 is 10.1 Å². The van der Waals surface area contributed by atoms with Gasteiger partial charge in [-0.15, -0.1) is 0 Å². The van der Waals surface area contributed by atoms with Gasteiger partial charge in [0.1, 0.15) is 17.3 Å². The van der Waals surface area contributed by atoms with Gasteiger partial charge in [-0.05, 0) is 58.4 Å². The maximum absolute atomic E-state index is 13.6. The molecule has 0 spiro atoms. The van der Waals surface area contributed by atoms with Crippen LogP contribution in [-0.4, -0.2) is 6.54 Å². The van der Waals surface area contributed by atoms with Crippen molar-refractivity contribution in [3.8, 4) is 11.5 Å². The van der Waals surface area contributed by atoms with Crippen molar-refractivity contribution in [1.82, 2.24) is 5.32 Å². The van der Waals surface area contributed by atoms with Gasteiger partial charge in [-0.25, -0.2) is 4.39 Å². The molecule has 0 bridgehead atoms. The van der Waals surface area contributed by atoms with Crippen LogP contribution in [0.15, 0.2) is 45.3 Å². The van der Waals surface area contributed by atoms with Gasteiger partial charge in [0.2, 0.25) is 0 Å². The summed E-state index contributed by atoms with van der Waals surface area (Å²) in [5, 5.41) is 3.16. The lowest BCUT2D eigenvalue weighted by Crippen LogP contribution is -2.11. The van der Waals surface area contributed by atoms with Crippen molar-refractivity contribution in [3.05, 3.63) is 56.7 Å². The number of rotatable bonds is 5. The molecular formula is C15H14Br2FNO. The Bertz CT molecular complexity index is 604. The highest BCUT2D eigenvalue weighted by molar-refractivity contribution is 9.11. The minimum atomic E-state index is -0.302. The molecule has 0 radical (unpaired) electrons. The number of hydrogen-bond acceptors (Lipinski definition) is 2. The lowest BCUT2D eigenvalue weighted by Gasteiger charge is -2.10. The van der Waals surface area contributed by atoms with Crippen LogP contribution >= 0.6 is 31.9 Å². The van der Waals surface area contributed by atoms with Crippen LogP contribution in [0.4, 0.5) is 4.39 Å². The zero-order chi connectivity index (χ0) is 14.5. The molecule has 0 saturated heterocycles. The number of benzene rings is 2. The Morgan fingerprint density at radius 3 is 2.65 bits per heavy atom. The quantitative estimate of drug-likeness (QED) is 0.737. The Balaban J connectivity index is 2.21. The second-order valence-electron chi connectivity index (χ2n) is 4.25. The molecule has 0 amide bonds. The van der Waals surface area contributed by atoms with Crippen LogP contribution < -0.4 is 10.1 Å². The SMILES string of the molecule is CCNCc1cc(F)cc(Oc2ccc(Br)cc2Br)c1. The van der Waals surface area contributed by atoms with E-state index in [0.717, 1.165) is 21.1 Å². The van der Waals surface area contributed by atoms with E-state index >= 15 is 0 Å². The molecular weight excluding hydrogens is 389 g/mol. The van der Waals surface area contributed by atoms with Crippen LogP contribution in [0.5, 0.6) is 11.5 Å². The average molecular weight is 403 g/mol. The fourth-order valence-electron chi connectivity index (χ4n) is 1.74. The minimum absolute atomic E-state index is 0.302. The summed E-state index contributed by atoms with van der Waals surface area (Å²) in [6.45, 7) is 3.47. The molecule has 2 aromatic rings. The van der Waals surface area contributed by atoms with Crippen molar-refractivity contribution in [2.45, 2.75) is 13.5 Å². The van der Waals surface area contributed by atoms with E-state index in [2.05, 4.69) is 37.2 Å². The van der Waals surface area contributed by atoms with Gasteiger partial charge in [-0.1, -0.05) is 22.9 Å². The van der Waals surface area contributed by atoms with E-state index < -0.39 is 0 Å². The number of ether oxygens (including phenoxy) is 1. The summed E-state index contributed by atoms with van der Waals surface area (Å²) in [6, 6.07) is 10.3. The van der Waals surface area contributed by atoms with Crippen molar-refractivity contribution in [1.29, 1.82) is 0 Å². The molecule has 2 rings (SSSR count). The van der Waals surface area contributed by atoms with E-state index in [1.54, 1.807) is 0 Å². The summed E-state index contributed by atoms with van der Waals surface area (Å²) in [7, 11) is 0. The van der Waals surface area contributed by atoms with E-state index in [0.29, 0.717) is 18.0 Å². The Morgan fingerprint density at radius 2 is 1.95 bits per heavy atom. The zero-order valence-electron chi connectivity index (χ0n) is 10.9. The van der Waals surface area contributed by atoms with Crippen molar-refractivity contribution < 1.29 is 9.13 Å².